The summed E-state index contributed by atoms with van der Waals surface area (Å²) in [5.74, 6) is -2.05. The zero-order chi connectivity index (χ0) is 29.7. The van der Waals surface area contributed by atoms with Gasteiger partial charge in [-0.05, 0) is 47.1 Å². The molecule has 0 saturated heterocycles. The monoisotopic (exact) mass is 573 g/mol. The van der Waals surface area contributed by atoms with E-state index < -0.39 is 30.8 Å². The second kappa shape index (κ2) is 15.4. The molecule has 2 atom stereocenters. The lowest BCUT2D eigenvalue weighted by Gasteiger charge is -2.31. The van der Waals surface area contributed by atoms with Crippen LogP contribution in [0.2, 0.25) is 0 Å². The highest BCUT2D eigenvalue weighted by Gasteiger charge is 2.34. The molecule has 1 amide bonds. The smallest absolute Gasteiger partial charge is 0.461 e. The minimum atomic E-state index is -0.910. The fourth-order valence-electron chi connectivity index (χ4n) is 4.80. The van der Waals surface area contributed by atoms with Gasteiger partial charge in [0.2, 0.25) is 12.7 Å². The molecule has 9 nitrogen and oxygen atoms in total. The van der Waals surface area contributed by atoms with Gasteiger partial charge in [-0.15, -0.1) is 0 Å². The summed E-state index contributed by atoms with van der Waals surface area (Å²) in [6.07, 6.45) is 0.436. The van der Waals surface area contributed by atoms with Crippen LogP contribution in [0.3, 0.4) is 0 Å². The number of amides is 1. The maximum Gasteiger partial charge on any atom is 0.511 e. The molecule has 0 fully saturated rings. The first-order chi connectivity index (χ1) is 20.4. The predicted molar refractivity (Wildman–Crippen MR) is 154 cm³/mol. The molecule has 2 unspecified atom stereocenters. The number of hydrogen-bond donors (Lipinski definition) is 1. The Morgan fingerprint density at radius 1 is 0.810 bits per heavy atom. The summed E-state index contributed by atoms with van der Waals surface area (Å²) < 4.78 is 20.3. The number of rotatable bonds is 12. The maximum absolute atomic E-state index is 13.2. The molecule has 0 saturated carbocycles. The van der Waals surface area contributed by atoms with Crippen LogP contribution in [-0.4, -0.2) is 43.4 Å². The average Bonchev–Trinajstić information content (AvgIpc) is 3.02. The third-order valence-corrected chi connectivity index (χ3v) is 6.87. The number of carbonyl (C=O) groups excluding carboxylic acids is 4. The van der Waals surface area contributed by atoms with Crippen molar-refractivity contribution in [2.24, 2.45) is 0 Å². The van der Waals surface area contributed by atoms with E-state index in [1.54, 1.807) is 0 Å². The summed E-state index contributed by atoms with van der Waals surface area (Å²) >= 11 is 0. The molecule has 0 radical (unpaired) electrons. The molecule has 3 aromatic carbocycles. The van der Waals surface area contributed by atoms with Gasteiger partial charge in [0.1, 0.15) is 6.61 Å². The molecule has 0 heterocycles. The van der Waals surface area contributed by atoms with Crippen molar-refractivity contribution in [1.29, 1.82) is 0 Å². The number of esters is 2. The van der Waals surface area contributed by atoms with Crippen LogP contribution in [-0.2, 0) is 46.4 Å². The van der Waals surface area contributed by atoms with Crippen molar-refractivity contribution in [3.05, 3.63) is 95.6 Å². The predicted octanol–water partition coefficient (Wildman–Crippen LogP) is 5.46. The summed E-state index contributed by atoms with van der Waals surface area (Å²) in [7, 11) is 0. The highest BCUT2D eigenvalue weighted by Crippen LogP contribution is 2.36. The molecule has 4 rings (SSSR count). The maximum atomic E-state index is 13.2. The Hall–Kier alpha value is -4.66. The topological polar surface area (TPSA) is 117 Å². The molecule has 1 aliphatic rings. The van der Waals surface area contributed by atoms with Gasteiger partial charge in [0.25, 0.3) is 0 Å². The summed E-state index contributed by atoms with van der Waals surface area (Å²) in [5, 5.41) is 2.96. The molecular formula is C33H35NO8. The molecule has 0 spiro atoms. The Morgan fingerprint density at radius 2 is 1.55 bits per heavy atom. The number of ether oxygens (including phenoxy) is 4. The van der Waals surface area contributed by atoms with E-state index in [2.05, 4.69) is 5.32 Å². The van der Waals surface area contributed by atoms with Gasteiger partial charge in [0.05, 0.1) is 18.9 Å². The molecular weight excluding hydrogens is 538 g/mol. The van der Waals surface area contributed by atoms with Gasteiger partial charge in [-0.1, -0.05) is 85.8 Å². The van der Waals surface area contributed by atoms with Gasteiger partial charge in [-0.3, -0.25) is 14.4 Å². The Morgan fingerprint density at radius 3 is 2.29 bits per heavy atom. The molecule has 1 aliphatic carbocycles. The van der Waals surface area contributed by atoms with E-state index in [-0.39, 0.29) is 44.4 Å². The number of fused-ring (bicyclic) bond motifs is 1. The first-order valence-electron chi connectivity index (χ1n) is 14.1. The SMILES string of the molecule is CCCOC(=O)OCOC(=O)C1CC(NC(=O)CCC(=O)OCc2ccccc2)Cc2ccc(-c3ccccc3)cc21. The van der Waals surface area contributed by atoms with Crippen molar-refractivity contribution in [2.75, 3.05) is 13.4 Å². The van der Waals surface area contributed by atoms with Gasteiger partial charge in [0.15, 0.2) is 0 Å². The number of carbonyl (C=O) groups is 4. The fourth-order valence-corrected chi connectivity index (χ4v) is 4.80. The highest BCUT2D eigenvalue weighted by molar-refractivity contribution is 5.83. The molecule has 0 aromatic heterocycles. The molecule has 9 heteroatoms. The van der Waals surface area contributed by atoms with Crippen molar-refractivity contribution in [2.45, 2.75) is 57.6 Å². The first-order valence-corrected chi connectivity index (χ1v) is 14.1. The molecule has 0 bridgehead atoms. The van der Waals surface area contributed by atoms with Crippen LogP contribution in [0.25, 0.3) is 11.1 Å². The van der Waals surface area contributed by atoms with Gasteiger partial charge in [0, 0.05) is 12.5 Å². The average molecular weight is 574 g/mol. The van der Waals surface area contributed by atoms with Crippen LogP contribution in [0.15, 0.2) is 78.9 Å². The Kier molecular flexibility index (Phi) is 11.1. The molecule has 220 valence electrons. The van der Waals surface area contributed by atoms with Crippen LogP contribution in [0.4, 0.5) is 4.79 Å². The highest BCUT2D eigenvalue weighted by atomic mass is 16.8. The molecule has 42 heavy (non-hydrogen) atoms. The fraction of sp³-hybridized carbons (Fsp3) is 0.333. The third kappa shape index (κ3) is 8.92. The first kappa shape index (κ1) is 30.3. The van der Waals surface area contributed by atoms with Crippen molar-refractivity contribution in [3.8, 4) is 11.1 Å². The summed E-state index contributed by atoms with van der Waals surface area (Å²) in [6, 6.07) is 24.7. The van der Waals surface area contributed by atoms with E-state index in [0.717, 1.165) is 27.8 Å². The minimum Gasteiger partial charge on any atom is -0.461 e. The normalized spacial score (nSPS) is 15.5. The van der Waals surface area contributed by atoms with E-state index >= 15 is 0 Å². The number of nitrogens with one attached hydrogen (secondary N) is 1. The lowest BCUT2D eigenvalue weighted by Crippen LogP contribution is -2.41. The third-order valence-electron chi connectivity index (χ3n) is 6.87. The second-order valence-electron chi connectivity index (χ2n) is 10.0. The van der Waals surface area contributed by atoms with Crippen LogP contribution >= 0.6 is 0 Å². The van der Waals surface area contributed by atoms with Crippen molar-refractivity contribution in [1.82, 2.24) is 5.32 Å². The largest absolute Gasteiger partial charge is 0.511 e. The van der Waals surface area contributed by atoms with Crippen LogP contribution in [0, 0.1) is 0 Å². The minimum absolute atomic E-state index is 0.0350. The molecule has 3 aromatic rings. The van der Waals surface area contributed by atoms with Gasteiger partial charge in [-0.25, -0.2) is 4.79 Å². The molecule has 0 aliphatic heterocycles. The van der Waals surface area contributed by atoms with Crippen LogP contribution in [0.1, 0.15) is 55.2 Å². The molecule has 1 N–H and O–H groups in total. The number of benzene rings is 3. The van der Waals surface area contributed by atoms with Gasteiger partial charge >= 0.3 is 18.1 Å². The lowest BCUT2D eigenvalue weighted by molar-refractivity contribution is -0.156. The summed E-state index contributed by atoms with van der Waals surface area (Å²) in [4.78, 5) is 49.8. The zero-order valence-electron chi connectivity index (χ0n) is 23.6. The van der Waals surface area contributed by atoms with Crippen molar-refractivity contribution >= 4 is 24.0 Å². The summed E-state index contributed by atoms with van der Waals surface area (Å²) in [6.45, 7) is 1.63. The van der Waals surface area contributed by atoms with Gasteiger partial charge in [-0.2, -0.15) is 0 Å². The van der Waals surface area contributed by atoms with Crippen molar-refractivity contribution < 1.29 is 38.1 Å². The van der Waals surface area contributed by atoms with E-state index in [4.69, 9.17) is 18.9 Å². The van der Waals surface area contributed by atoms with Crippen LogP contribution < -0.4 is 5.32 Å². The Balaban J connectivity index is 1.38. The lowest BCUT2D eigenvalue weighted by atomic mass is 9.79. The summed E-state index contributed by atoms with van der Waals surface area (Å²) in [5.41, 5.74) is 4.52. The van der Waals surface area contributed by atoms with E-state index in [1.807, 2.05) is 85.8 Å². The van der Waals surface area contributed by atoms with Crippen molar-refractivity contribution in [3.63, 3.8) is 0 Å². The number of hydrogen-bond acceptors (Lipinski definition) is 8. The quantitative estimate of drug-likeness (QED) is 0.173. The second-order valence-corrected chi connectivity index (χ2v) is 10.0. The standard InChI is InChI=1S/C33H35NO8/c1-2-17-39-33(38)42-22-41-32(37)29-20-27(18-26-14-13-25(19-28(26)29)24-11-7-4-8-12-24)34-30(35)15-16-31(36)40-21-23-9-5-3-6-10-23/h3-14,19,27,29H,2,15-18,20-22H2,1H3,(H,34,35). The Labute approximate surface area is 245 Å². The zero-order valence-corrected chi connectivity index (χ0v) is 23.6. The van der Waals surface area contributed by atoms with E-state index in [9.17, 15) is 19.2 Å². The van der Waals surface area contributed by atoms with Gasteiger partial charge < -0.3 is 24.3 Å². The Bertz CT molecular complexity index is 1360. The van der Waals surface area contributed by atoms with E-state index in [0.29, 0.717) is 12.8 Å². The van der Waals surface area contributed by atoms with E-state index in [1.165, 1.54) is 0 Å². The van der Waals surface area contributed by atoms with Crippen LogP contribution in [0.5, 0.6) is 0 Å².